The number of benzene rings is 1. The summed E-state index contributed by atoms with van der Waals surface area (Å²) in [5.74, 6) is 0.957. The summed E-state index contributed by atoms with van der Waals surface area (Å²) < 4.78 is 5.26. The van der Waals surface area contributed by atoms with E-state index in [4.69, 9.17) is 4.74 Å². The SMILES string of the molecule is COc1cccc(CCN2CCCNC(C)C2)c1. The van der Waals surface area contributed by atoms with Crippen LogP contribution in [-0.2, 0) is 6.42 Å². The van der Waals surface area contributed by atoms with Crippen molar-refractivity contribution in [3.05, 3.63) is 29.8 Å². The molecule has 100 valence electrons. The van der Waals surface area contributed by atoms with Crippen LogP contribution >= 0.6 is 0 Å². The lowest BCUT2D eigenvalue weighted by atomic mass is 10.1. The number of hydrogen-bond acceptors (Lipinski definition) is 3. The first-order chi connectivity index (χ1) is 8.78. The third kappa shape index (κ3) is 4.00. The summed E-state index contributed by atoms with van der Waals surface area (Å²) in [6.07, 6.45) is 2.35. The summed E-state index contributed by atoms with van der Waals surface area (Å²) in [5, 5.41) is 3.53. The predicted octanol–water partition coefficient (Wildman–Crippen LogP) is 1.92. The molecule has 1 aliphatic heterocycles. The summed E-state index contributed by atoms with van der Waals surface area (Å²) >= 11 is 0. The van der Waals surface area contributed by atoms with E-state index < -0.39 is 0 Å². The van der Waals surface area contributed by atoms with Crippen molar-refractivity contribution >= 4 is 0 Å². The Morgan fingerprint density at radius 1 is 1.44 bits per heavy atom. The van der Waals surface area contributed by atoms with Gasteiger partial charge in [-0.25, -0.2) is 0 Å². The van der Waals surface area contributed by atoms with E-state index in [9.17, 15) is 0 Å². The van der Waals surface area contributed by atoms with Gasteiger partial charge in [-0.3, -0.25) is 0 Å². The summed E-state index contributed by atoms with van der Waals surface area (Å²) in [4.78, 5) is 2.56. The van der Waals surface area contributed by atoms with E-state index in [0.717, 1.165) is 31.8 Å². The molecule has 1 saturated heterocycles. The second-order valence-electron chi connectivity index (χ2n) is 5.11. The maximum atomic E-state index is 5.26. The van der Waals surface area contributed by atoms with Crippen LogP contribution in [0.3, 0.4) is 0 Å². The van der Waals surface area contributed by atoms with Gasteiger partial charge in [-0.05, 0) is 50.6 Å². The van der Waals surface area contributed by atoms with E-state index in [1.807, 2.05) is 6.07 Å². The number of methoxy groups -OCH3 is 1. The highest BCUT2D eigenvalue weighted by Gasteiger charge is 2.13. The van der Waals surface area contributed by atoms with Gasteiger partial charge >= 0.3 is 0 Å². The average Bonchev–Trinajstić information content (AvgIpc) is 2.61. The molecular weight excluding hydrogens is 224 g/mol. The number of rotatable bonds is 4. The van der Waals surface area contributed by atoms with Gasteiger partial charge in [0.1, 0.15) is 5.75 Å². The van der Waals surface area contributed by atoms with Crippen LogP contribution in [-0.4, -0.2) is 44.2 Å². The number of nitrogens with one attached hydrogen (secondary N) is 1. The molecule has 1 aromatic carbocycles. The van der Waals surface area contributed by atoms with Crippen LogP contribution in [0.2, 0.25) is 0 Å². The first kappa shape index (κ1) is 13.4. The van der Waals surface area contributed by atoms with Gasteiger partial charge in [0, 0.05) is 19.1 Å². The molecule has 3 nitrogen and oxygen atoms in total. The minimum Gasteiger partial charge on any atom is -0.497 e. The van der Waals surface area contributed by atoms with Gasteiger partial charge in [0.15, 0.2) is 0 Å². The van der Waals surface area contributed by atoms with E-state index in [0.29, 0.717) is 6.04 Å². The molecule has 0 radical (unpaired) electrons. The smallest absolute Gasteiger partial charge is 0.119 e. The fraction of sp³-hybridized carbons (Fsp3) is 0.600. The lowest BCUT2D eigenvalue weighted by Gasteiger charge is -2.22. The van der Waals surface area contributed by atoms with Crippen LogP contribution in [0.15, 0.2) is 24.3 Å². The second kappa shape index (κ2) is 6.76. The monoisotopic (exact) mass is 248 g/mol. The summed E-state index contributed by atoms with van der Waals surface area (Å²) in [6, 6.07) is 9.00. The highest BCUT2D eigenvalue weighted by molar-refractivity contribution is 5.28. The van der Waals surface area contributed by atoms with E-state index >= 15 is 0 Å². The topological polar surface area (TPSA) is 24.5 Å². The molecule has 0 spiro atoms. The van der Waals surface area contributed by atoms with Crippen LogP contribution < -0.4 is 10.1 Å². The van der Waals surface area contributed by atoms with Gasteiger partial charge in [0.25, 0.3) is 0 Å². The van der Waals surface area contributed by atoms with Crippen molar-refractivity contribution in [1.29, 1.82) is 0 Å². The molecule has 0 aliphatic carbocycles. The Morgan fingerprint density at radius 2 is 2.33 bits per heavy atom. The minimum atomic E-state index is 0.609. The highest BCUT2D eigenvalue weighted by Crippen LogP contribution is 2.13. The molecule has 1 heterocycles. The molecule has 1 aliphatic rings. The van der Waals surface area contributed by atoms with Crippen LogP contribution in [0.1, 0.15) is 18.9 Å². The van der Waals surface area contributed by atoms with Crippen molar-refractivity contribution in [3.8, 4) is 5.75 Å². The fourth-order valence-corrected chi connectivity index (χ4v) is 2.51. The van der Waals surface area contributed by atoms with Gasteiger partial charge in [-0.2, -0.15) is 0 Å². The summed E-state index contributed by atoms with van der Waals surface area (Å²) in [5.41, 5.74) is 1.36. The van der Waals surface area contributed by atoms with E-state index in [1.54, 1.807) is 7.11 Å². The van der Waals surface area contributed by atoms with E-state index in [2.05, 4.69) is 35.3 Å². The van der Waals surface area contributed by atoms with Crippen LogP contribution in [0, 0.1) is 0 Å². The molecule has 1 unspecified atom stereocenters. The van der Waals surface area contributed by atoms with Crippen molar-refractivity contribution in [2.75, 3.05) is 33.3 Å². The maximum Gasteiger partial charge on any atom is 0.119 e. The Bertz CT molecular complexity index is 367. The van der Waals surface area contributed by atoms with Gasteiger partial charge < -0.3 is 15.0 Å². The zero-order chi connectivity index (χ0) is 12.8. The van der Waals surface area contributed by atoms with Gasteiger partial charge in [-0.1, -0.05) is 12.1 Å². The fourth-order valence-electron chi connectivity index (χ4n) is 2.51. The molecule has 1 aromatic rings. The number of nitrogens with zero attached hydrogens (tertiary/aromatic N) is 1. The van der Waals surface area contributed by atoms with E-state index in [-0.39, 0.29) is 0 Å². The molecule has 0 saturated carbocycles. The lowest BCUT2D eigenvalue weighted by Crippen LogP contribution is -2.36. The normalized spacial score (nSPS) is 21.6. The molecule has 1 N–H and O–H groups in total. The zero-order valence-electron chi connectivity index (χ0n) is 11.5. The Labute approximate surface area is 110 Å². The predicted molar refractivity (Wildman–Crippen MR) is 75.2 cm³/mol. The van der Waals surface area contributed by atoms with Crippen molar-refractivity contribution in [3.63, 3.8) is 0 Å². The van der Waals surface area contributed by atoms with Crippen molar-refractivity contribution in [2.45, 2.75) is 25.8 Å². The first-order valence-electron chi connectivity index (χ1n) is 6.86. The third-order valence-electron chi connectivity index (χ3n) is 3.53. The Kier molecular flexibility index (Phi) is 5.02. The number of ether oxygens (including phenoxy) is 1. The standard InChI is InChI=1S/C15H24N2O/c1-13-12-17(9-4-8-16-13)10-7-14-5-3-6-15(11-14)18-2/h3,5-6,11,13,16H,4,7-10,12H2,1-2H3. The number of hydrogen-bond donors (Lipinski definition) is 1. The van der Waals surface area contributed by atoms with Crippen molar-refractivity contribution < 1.29 is 4.74 Å². The van der Waals surface area contributed by atoms with Crippen molar-refractivity contribution in [2.24, 2.45) is 0 Å². The Balaban J connectivity index is 1.85. The molecule has 2 rings (SSSR count). The lowest BCUT2D eigenvalue weighted by molar-refractivity contribution is 0.276. The van der Waals surface area contributed by atoms with Crippen molar-refractivity contribution in [1.82, 2.24) is 10.2 Å². The Hall–Kier alpha value is -1.06. The van der Waals surface area contributed by atoms with Gasteiger partial charge in [0.05, 0.1) is 7.11 Å². The molecule has 0 bridgehead atoms. The summed E-state index contributed by atoms with van der Waals surface area (Å²) in [7, 11) is 1.72. The summed E-state index contributed by atoms with van der Waals surface area (Å²) in [6.45, 7) is 6.92. The molecule has 3 heteroatoms. The minimum absolute atomic E-state index is 0.609. The van der Waals surface area contributed by atoms with Crippen LogP contribution in [0.4, 0.5) is 0 Å². The van der Waals surface area contributed by atoms with Gasteiger partial charge in [0.2, 0.25) is 0 Å². The quantitative estimate of drug-likeness (QED) is 0.881. The molecule has 1 atom stereocenters. The average molecular weight is 248 g/mol. The van der Waals surface area contributed by atoms with Crippen LogP contribution in [0.25, 0.3) is 0 Å². The molecular formula is C15H24N2O. The zero-order valence-corrected chi connectivity index (χ0v) is 11.5. The molecule has 1 fully saturated rings. The second-order valence-corrected chi connectivity index (χ2v) is 5.11. The molecule has 0 amide bonds. The third-order valence-corrected chi connectivity index (χ3v) is 3.53. The highest BCUT2D eigenvalue weighted by atomic mass is 16.5. The largest absolute Gasteiger partial charge is 0.497 e. The van der Waals surface area contributed by atoms with Gasteiger partial charge in [-0.15, -0.1) is 0 Å². The first-order valence-corrected chi connectivity index (χ1v) is 6.86. The maximum absolute atomic E-state index is 5.26. The Morgan fingerprint density at radius 3 is 3.17 bits per heavy atom. The van der Waals surface area contributed by atoms with E-state index in [1.165, 1.54) is 18.5 Å². The van der Waals surface area contributed by atoms with Crippen LogP contribution in [0.5, 0.6) is 5.75 Å². The molecule has 18 heavy (non-hydrogen) atoms. The molecule has 0 aromatic heterocycles.